The molecule has 0 aliphatic heterocycles. The van der Waals surface area contributed by atoms with Gasteiger partial charge in [0.2, 0.25) is 0 Å². The second kappa shape index (κ2) is 4.03. The smallest absolute Gasteiger partial charge is 0.127 e. The third kappa shape index (κ3) is 1.86. The lowest BCUT2D eigenvalue weighted by Crippen LogP contribution is -1.97. The molecule has 3 nitrogen and oxygen atoms in total. The highest BCUT2D eigenvalue weighted by atomic mass is 16.5. The molecule has 0 aliphatic rings. The van der Waals surface area contributed by atoms with Gasteiger partial charge in [0.05, 0.1) is 14.2 Å². The van der Waals surface area contributed by atoms with E-state index in [1.165, 1.54) is 0 Å². The van der Waals surface area contributed by atoms with Crippen molar-refractivity contribution < 1.29 is 9.47 Å². The molecule has 3 heteroatoms. The van der Waals surface area contributed by atoms with Crippen LogP contribution >= 0.6 is 0 Å². The van der Waals surface area contributed by atoms with Gasteiger partial charge in [0.25, 0.3) is 0 Å². The highest BCUT2D eigenvalue weighted by Gasteiger charge is 2.08. The Hall–Kier alpha value is -1.38. The van der Waals surface area contributed by atoms with Crippen molar-refractivity contribution >= 4 is 5.69 Å². The molecule has 2 N–H and O–H groups in total. The van der Waals surface area contributed by atoms with Gasteiger partial charge in [-0.15, -0.1) is 0 Å². The second-order valence-corrected chi connectivity index (χ2v) is 2.76. The third-order valence-corrected chi connectivity index (χ3v) is 1.98. The van der Waals surface area contributed by atoms with E-state index in [2.05, 4.69) is 6.92 Å². The molecule has 0 unspecified atom stereocenters. The molecule has 0 atom stereocenters. The molecule has 0 saturated heterocycles. The van der Waals surface area contributed by atoms with Crippen LogP contribution in [-0.4, -0.2) is 14.2 Å². The van der Waals surface area contributed by atoms with E-state index >= 15 is 0 Å². The Morgan fingerprint density at radius 2 is 1.62 bits per heavy atom. The Kier molecular flexibility index (Phi) is 3.01. The van der Waals surface area contributed by atoms with Gasteiger partial charge in [0.1, 0.15) is 11.5 Å². The van der Waals surface area contributed by atoms with Crippen LogP contribution in [0.2, 0.25) is 0 Å². The lowest BCUT2D eigenvalue weighted by molar-refractivity contribution is 0.386. The first kappa shape index (κ1) is 9.71. The standard InChI is InChI=1S/C10H15NO2/c1-4-8-9(12-2)5-7(11)6-10(8)13-3/h5-6H,4,11H2,1-3H3. The quantitative estimate of drug-likeness (QED) is 0.724. The monoisotopic (exact) mass is 181 g/mol. The number of anilines is 1. The van der Waals surface area contributed by atoms with E-state index in [-0.39, 0.29) is 0 Å². The summed E-state index contributed by atoms with van der Waals surface area (Å²) in [7, 11) is 3.26. The normalized spacial score (nSPS) is 9.77. The van der Waals surface area contributed by atoms with Crippen LogP contribution in [0.1, 0.15) is 12.5 Å². The van der Waals surface area contributed by atoms with E-state index in [1.807, 2.05) is 0 Å². The van der Waals surface area contributed by atoms with Crippen molar-refractivity contribution in [1.29, 1.82) is 0 Å². The Morgan fingerprint density at radius 1 is 1.15 bits per heavy atom. The summed E-state index contributed by atoms with van der Waals surface area (Å²) in [6.07, 6.45) is 0.868. The van der Waals surface area contributed by atoms with E-state index in [9.17, 15) is 0 Å². The molecule has 13 heavy (non-hydrogen) atoms. The molecule has 0 spiro atoms. The predicted octanol–water partition coefficient (Wildman–Crippen LogP) is 1.85. The zero-order chi connectivity index (χ0) is 9.84. The molecule has 0 radical (unpaired) electrons. The summed E-state index contributed by atoms with van der Waals surface area (Å²) in [5.74, 6) is 1.58. The summed E-state index contributed by atoms with van der Waals surface area (Å²) < 4.78 is 10.4. The van der Waals surface area contributed by atoms with Crippen molar-refractivity contribution in [3.63, 3.8) is 0 Å². The Morgan fingerprint density at radius 3 is 1.92 bits per heavy atom. The number of nitrogens with two attached hydrogens (primary N) is 1. The molecule has 0 fully saturated rings. The third-order valence-electron chi connectivity index (χ3n) is 1.98. The Balaban J connectivity index is 3.25. The van der Waals surface area contributed by atoms with Gasteiger partial charge in [0.15, 0.2) is 0 Å². The van der Waals surface area contributed by atoms with Crippen molar-refractivity contribution in [3.05, 3.63) is 17.7 Å². The van der Waals surface area contributed by atoms with Gasteiger partial charge < -0.3 is 15.2 Å². The molecular formula is C10H15NO2. The van der Waals surface area contributed by atoms with Crippen LogP contribution in [0.3, 0.4) is 0 Å². The summed E-state index contributed by atoms with van der Waals surface area (Å²) >= 11 is 0. The van der Waals surface area contributed by atoms with Crippen LogP contribution in [0, 0.1) is 0 Å². The lowest BCUT2D eigenvalue weighted by atomic mass is 10.1. The number of nitrogen functional groups attached to an aromatic ring is 1. The van der Waals surface area contributed by atoms with Crippen molar-refractivity contribution in [1.82, 2.24) is 0 Å². The Labute approximate surface area is 78.5 Å². The summed E-state index contributed by atoms with van der Waals surface area (Å²) in [5, 5.41) is 0. The van der Waals surface area contributed by atoms with Crippen molar-refractivity contribution in [2.75, 3.05) is 20.0 Å². The number of methoxy groups -OCH3 is 2. The molecular weight excluding hydrogens is 166 g/mol. The second-order valence-electron chi connectivity index (χ2n) is 2.76. The fraction of sp³-hybridized carbons (Fsp3) is 0.400. The van der Waals surface area contributed by atoms with Gasteiger partial charge in [-0.2, -0.15) is 0 Å². The minimum absolute atomic E-state index is 0.658. The van der Waals surface area contributed by atoms with Gasteiger partial charge in [-0.3, -0.25) is 0 Å². The minimum atomic E-state index is 0.658. The first-order valence-electron chi connectivity index (χ1n) is 4.23. The van der Waals surface area contributed by atoms with Crippen LogP contribution in [0.25, 0.3) is 0 Å². The molecule has 1 aromatic rings. The zero-order valence-corrected chi connectivity index (χ0v) is 8.26. The molecule has 0 aliphatic carbocycles. The molecule has 1 rings (SSSR count). The number of benzene rings is 1. The summed E-state index contributed by atoms with van der Waals surface area (Å²) in [4.78, 5) is 0. The fourth-order valence-corrected chi connectivity index (χ4v) is 1.35. The van der Waals surface area contributed by atoms with Gasteiger partial charge >= 0.3 is 0 Å². The van der Waals surface area contributed by atoms with Crippen LogP contribution in [0.15, 0.2) is 12.1 Å². The number of hydrogen-bond donors (Lipinski definition) is 1. The van der Waals surface area contributed by atoms with E-state index in [0.29, 0.717) is 5.69 Å². The van der Waals surface area contributed by atoms with Crippen molar-refractivity contribution in [2.45, 2.75) is 13.3 Å². The molecule has 0 aromatic heterocycles. The van der Waals surface area contributed by atoms with Gasteiger partial charge in [-0.05, 0) is 6.42 Å². The maximum absolute atomic E-state index is 5.67. The molecule has 72 valence electrons. The topological polar surface area (TPSA) is 44.5 Å². The predicted molar refractivity (Wildman–Crippen MR) is 53.3 cm³/mol. The molecule has 0 heterocycles. The Bertz CT molecular complexity index is 272. The van der Waals surface area contributed by atoms with Gasteiger partial charge in [0, 0.05) is 23.4 Å². The van der Waals surface area contributed by atoms with Gasteiger partial charge in [-0.25, -0.2) is 0 Å². The average Bonchev–Trinajstić information content (AvgIpc) is 2.16. The largest absolute Gasteiger partial charge is 0.496 e. The summed E-state index contributed by atoms with van der Waals surface area (Å²) in [6, 6.07) is 3.61. The average molecular weight is 181 g/mol. The highest BCUT2D eigenvalue weighted by molar-refractivity contribution is 5.56. The fourth-order valence-electron chi connectivity index (χ4n) is 1.35. The van der Waals surface area contributed by atoms with Crippen molar-refractivity contribution in [3.8, 4) is 11.5 Å². The van der Waals surface area contributed by atoms with Crippen LogP contribution in [-0.2, 0) is 6.42 Å². The highest BCUT2D eigenvalue weighted by Crippen LogP contribution is 2.31. The van der Waals surface area contributed by atoms with Crippen LogP contribution < -0.4 is 15.2 Å². The summed E-state index contributed by atoms with van der Waals surface area (Å²) in [5.41, 5.74) is 7.39. The van der Waals surface area contributed by atoms with E-state index in [1.54, 1.807) is 26.4 Å². The molecule has 0 amide bonds. The van der Waals surface area contributed by atoms with E-state index in [4.69, 9.17) is 15.2 Å². The number of ether oxygens (including phenoxy) is 2. The molecule has 0 saturated carbocycles. The zero-order valence-electron chi connectivity index (χ0n) is 8.26. The minimum Gasteiger partial charge on any atom is -0.496 e. The SMILES string of the molecule is CCc1c(OC)cc(N)cc1OC. The molecule has 0 bridgehead atoms. The van der Waals surface area contributed by atoms with E-state index in [0.717, 1.165) is 23.5 Å². The lowest BCUT2D eigenvalue weighted by Gasteiger charge is -2.12. The molecule has 1 aromatic carbocycles. The van der Waals surface area contributed by atoms with Gasteiger partial charge in [-0.1, -0.05) is 6.92 Å². The number of hydrogen-bond acceptors (Lipinski definition) is 3. The van der Waals surface area contributed by atoms with Crippen LogP contribution in [0.4, 0.5) is 5.69 Å². The number of rotatable bonds is 3. The maximum Gasteiger partial charge on any atom is 0.127 e. The first-order chi connectivity index (χ1) is 6.22. The van der Waals surface area contributed by atoms with Crippen molar-refractivity contribution in [2.24, 2.45) is 0 Å². The van der Waals surface area contributed by atoms with Crippen LogP contribution in [0.5, 0.6) is 11.5 Å². The first-order valence-corrected chi connectivity index (χ1v) is 4.23. The summed E-state index contributed by atoms with van der Waals surface area (Å²) in [6.45, 7) is 2.05. The maximum atomic E-state index is 5.67. The van der Waals surface area contributed by atoms with E-state index < -0.39 is 0 Å².